The Morgan fingerprint density at radius 3 is 2.88 bits per heavy atom. The Morgan fingerprint density at radius 2 is 2.41 bits per heavy atom. The lowest BCUT2D eigenvalue weighted by Crippen LogP contribution is -2.35. The number of nitrogens with zero attached hydrogens (tertiary/aromatic N) is 1. The number of nitrogens with two attached hydrogens (primary N) is 1. The van der Waals surface area contributed by atoms with Crippen molar-refractivity contribution in [1.82, 2.24) is 5.32 Å². The minimum atomic E-state index is -0.181. The topological polar surface area (TPSA) is 87.7 Å². The van der Waals surface area contributed by atoms with Gasteiger partial charge < -0.3 is 16.3 Å². The molecule has 0 aromatic carbocycles. The van der Waals surface area contributed by atoms with Crippen LogP contribution in [-0.2, 0) is 0 Å². The lowest BCUT2D eigenvalue weighted by Gasteiger charge is -2.11. The van der Waals surface area contributed by atoms with Crippen LogP contribution < -0.4 is 11.1 Å². The number of carbonyl (C=O) groups excluding carboxylic acids is 1. The summed E-state index contributed by atoms with van der Waals surface area (Å²) in [5, 5.41) is 14.1. The molecular formula is C10H14BrN3O2S. The average molecular weight is 320 g/mol. The van der Waals surface area contributed by atoms with Crippen LogP contribution in [0.4, 0.5) is 0 Å². The van der Waals surface area contributed by atoms with E-state index in [1.165, 1.54) is 11.3 Å². The van der Waals surface area contributed by atoms with Crippen molar-refractivity contribution in [1.29, 1.82) is 0 Å². The zero-order chi connectivity index (χ0) is 13.0. The summed E-state index contributed by atoms with van der Waals surface area (Å²) in [5.74, 6) is -0.0524. The molecule has 0 fully saturated rings. The molecule has 1 atom stereocenters. The van der Waals surface area contributed by atoms with Gasteiger partial charge in [0.2, 0.25) is 0 Å². The summed E-state index contributed by atoms with van der Waals surface area (Å²) in [7, 11) is 0. The van der Waals surface area contributed by atoms with Crippen LogP contribution >= 0.6 is 27.3 Å². The van der Waals surface area contributed by atoms with Crippen molar-refractivity contribution < 1.29 is 10.0 Å². The van der Waals surface area contributed by atoms with Crippen LogP contribution in [-0.4, -0.2) is 23.0 Å². The molecule has 0 aliphatic rings. The largest absolute Gasteiger partial charge is 0.409 e. The molecule has 1 aromatic heterocycles. The second kappa shape index (κ2) is 6.02. The lowest BCUT2D eigenvalue weighted by molar-refractivity contribution is 0.0945. The molecule has 1 rings (SSSR count). The van der Waals surface area contributed by atoms with Crippen LogP contribution in [0, 0.1) is 6.92 Å². The second-order valence-corrected chi connectivity index (χ2v) is 6.11. The summed E-state index contributed by atoms with van der Waals surface area (Å²) in [6.45, 7) is 3.72. The summed E-state index contributed by atoms with van der Waals surface area (Å²) < 4.78 is 0.951. The third-order valence-corrected chi connectivity index (χ3v) is 4.24. The fraction of sp³-hybridized carbons (Fsp3) is 0.400. The fourth-order valence-electron chi connectivity index (χ4n) is 1.27. The van der Waals surface area contributed by atoms with Crippen molar-refractivity contribution in [3.05, 3.63) is 20.3 Å². The average Bonchev–Trinajstić information content (AvgIpc) is 2.59. The Bertz CT molecular complexity index is 425. The second-order valence-electron chi connectivity index (χ2n) is 3.74. The Kier molecular flexibility index (Phi) is 4.95. The smallest absolute Gasteiger partial charge is 0.261 e. The summed E-state index contributed by atoms with van der Waals surface area (Å²) >= 11 is 4.75. The van der Waals surface area contributed by atoms with Gasteiger partial charge in [0.15, 0.2) is 0 Å². The van der Waals surface area contributed by atoms with E-state index in [4.69, 9.17) is 10.9 Å². The molecule has 0 saturated heterocycles. The van der Waals surface area contributed by atoms with Gasteiger partial charge >= 0.3 is 0 Å². The van der Waals surface area contributed by atoms with Crippen LogP contribution in [0.5, 0.6) is 0 Å². The molecule has 94 valence electrons. The molecule has 1 amide bonds. The summed E-state index contributed by atoms with van der Waals surface area (Å²) in [6, 6.07) is 1.64. The Hall–Kier alpha value is -1.08. The van der Waals surface area contributed by atoms with Gasteiger partial charge in [0.05, 0.1) is 8.66 Å². The molecule has 1 aromatic rings. The van der Waals surface area contributed by atoms with Crippen LogP contribution in [0.15, 0.2) is 15.0 Å². The van der Waals surface area contributed by atoms with E-state index in [1.807, 2.05) is 13.0 Å². The van der Waals surface area contributed by atoms with Crippen LogP contribution in [0.2, 0.25) is 0 Å². The number of nitrogens with one attached hydrogen (secondary N) is 1. The van der Waals surface area contributed by atoms with Gasteiger partial charge in [-0.25, -0.2) is 0 Å². The van der Waals surface area contributed by atoms with Crippen molar-refractivity contribution in [2.45, 2.75) is 26.3 Å². The molecule has 7 heteroatoms. The predicted molar refractivity (Wildman–Crippen MR) is 71.7 cm³/mol. The van der Waals surface area contributed by atoms with Gasteiger partial charge in [-0.3, -0.25) is 4.79 Å². The molecule has 0 aliphatic carbocycles. The van der Waals surface area contributed by atoms with E-state index >= 15 is 0 Å². The van der Waals surface area contributed by atoms with E-state index < -0.39 is 0 Å². The monoisotopic (exact) mass is 319 g/mol. The quantitative estimate of drug-likeness (QED) is 0.343. The van der Waals surface area contributed by atoms with E-state index in [2.05, 4.69) is 26.4 Å². The SMILES string of the molecule is Cc1cc(C(=O)NC(C)CC(N)=NO)sc1Br. The third-order valence-electron chi connectivity index (χ3n) is 2.10. The molecule has 0 aliphatic heterocycles. The molecule has 4 N–H and O–H groups in total. The summed E-state index contributed by atoms with van der Waals surface area (Å²) in [4.78, 5) is 12.5. The fourth-order valence-corrected chi connectivity index (χ4v) is 2.71. The summed E-state index contributed by atoms with van der Waals surface area (Å²) in [6.07, 6.45) is 0.313. The van der Waals surface area contributed by atoms with Gasteiger partial charge in [0, 0.05) is 12.5 Å². The van der Waals surface area contributed by atoms with E-state index in [9.17, 15) is 4.79 Å². The Balaban J connectivity index is 2.60. The van der Waals surface area contributed by atoms with Crippen molar-refractivity contribution in [3.63, 3.8) is 0 Å². The molecular weight excluding hydrogens is 306 g/mol. The number of amides is 1. The molecule has 0 spiro atoms. The van der Waals surface area contributed by atoms with Crippen molar-refractivity contribution in [2.24, 2.45) is 10.9 Å². The van der Waals surface area contributed by atoms with Crippen LogP contribution in [0.3, 0.4) is 0 Å². The normalized spacial score (nSPS) is 13.5. The zero-order valence-corrected chi connectivity index (χ0v) is 11.9. The zero-order valence-electron chi connectivity index (χ0n) is 9.53. The number of oxime groups is 1. The maximum absolute atomic E-state index is 11.8. The molecule has 0 saturated carbocycles. The molecule has 17 heavy (non-hydrogen) atoms. The number of aryl methyl sites for hydroxylation is 1. The van der Waals surface area contributed by atoms with E-state index in [-0.39, 0.29) is 17.8 Å². The van der Waals surface area contributed by atoms with Gasteiger partial charge in [-0.1, -0.05) is 5.16 Å². The van der Waals surface area contributed by atoms with Gasteiger partial charge in [-0.2, -0.15) is 0 Å². The number of rotatable bonds is 4. The van der Waals surface area contributed by atoms with E-state index in [1.54, 1.807) is 6.92 Å². The highest BCUT2D eigenvalue weighted by atomic mass is 79.9. The molecule has 0 bridgehead atoms. The highest BCUT2D eigenvalue weighted by Gasteiger charge is 2.14. The van der Waals surface area contributed by atoms with E-state index in [0.717, 1.165) is 9.35 Å². The van der Waals surface area contributed by atoms with Crippen LogP contribution in [0.25, 0.3) is 0 Å². The number of carbonyl (C=O) groups is 1. The number of hydrogen-bond donors (Lipinski definition) is 3. The highest BCUT2D eigenvalue weighted by molar-refractivity contribution is 9.11. The van der Waals surface area contributed by atoms with Gasteiger partial charge in [0.25, 0.3) is 5.91 Å². The first-order chi connectivity index (χ1) is 7.93. The molecule has 0 radical (unpaired) electrons. The first kappa shape index (κ1) is 14.0. The molecule has 1 unspecified atom stereocenters. The summed E-state index contributed by atoms with van der Waals surface area (Å²) in [5.41, 5.74) is 6.39. The number of amidine groups is 1. The van der Waals surface area contributed by atoms with Gasteiger partial charge in [-0.15, -0.1) is 11.3 Å². The first-order valence-corrected chi connectivity index (χ1v) is 6.58. The van der Waals surface area contributed by atoms with E-state index in [0.29, 0.717) is 11.3 Å². The molecule has 5 nitrogen and oxygen atoms in total. The minimum absolute atomic E-state index is 0.0985. The van der Waals surface area contributed by atoms with Crippen molar-refractivity contribution in [2.75, 3.05) is 0 Å². The number of thiophene rings is 1. The Labute approximate surface area is 112 Å². The van der Waals surface area contributed by atoms with Crippen LogP contribution in [0.1, 0.15) is 28.6 Å². The molecule has 1 heterocycles. The predicted octanol–water partition coefficient (Wildman–Crippen LogP) is 2.07. The van der Waals surface area contributed by atoms with Crippen molar-refractivity contribution >= 4 is 39.0 Å². The van der Waals surface area contributed by atoms with Gasteiger partial charge in [0.1, 0.15) is 5.84 Å². The number of hydrogen-bond acceptors (Lipinski definition) is 4. The highest BCUT2D eigenvalue weighted by Crippen LogP contribution is 2.27. The Morgan fingerprint density at radius 1 is 1.76 bits per heavy atom. The van der Waals surface area contributed by atoms with Crippen molar-refractivity contribution in [3.8, 4) is 0 Å². The maximum atomic E-state index is 11.8. The minimum Gasteiger partial charge on any atom is -0.409 e. The standard InChI is InChI=1S/C10H14BrN3O2S/c1-5-3-7(17-9(5)11)10(15)13-6(2)4-8(12)14-16/h3,6,16H,4H2,1-2H3,(H2,12,14)(H,13,15). The number of halogens is 1. The lowest BCUT2D eigenvalue weighted by atomic mass is 10.2. The van der Waals surface area contributed by atoms with Gasteiger partial charge in [-0.05, 0) is 41.4 Å². The first-order valence-electron chi connectivity index (χ1n) is 4.97. The maximum Gasteiger partial charge on any atom is 0.261 e. The third kappa shape index (κ3) is 4.01.